The van der Waals surface area contributed by atoms with Crippen molar-refractivity contribution in [2.24, 2.45) is 0 Å². The van der Waals surface area contributed by atoms with E-state index in [9.17, 15) is 4.39 Å². The summed E-state index contributed by atoms with van der Waals surface area (Å²) in [6, 6.07) is 14.1. The highest BCUT2D eigenvalue weighted by Crippen LogP contribution is 2.34. The van der Waals surface area contributed by atoms with E-state index in [-0.39, 0.29) is 5.82 Å². The van der Waals surface area contributed by atoms with Crippen LogP contribution in [-0.2, 0) is 6.42 Å². The summed E-state index contributed by atoms with van der Waals surface area (Å²) in [7, 11) is 0. The lowest BCUT2D eigenvalue weighted by Gasteiger charge is -2.18. The van der Waals surface area contributed by atoms with Gasteiger partial charge in [-0.15, -0.1) is 0 Å². The molecule has 0 saturated carbocycles. The standard InChI is InChI=1S/C20H18FN3O2/c21-16-4-1-14(2-5-16)7-9-22-20-23-10-8-17(24-20)15-3-6-18-19(13-15)26-12-11-25-18/h1-6,8,10,13H,7,9,11-12H2,(H,22,23,24). The van der Waals surface area contributed by atoms with Crippen LogP contribution in [0.15, 0.2) is 54.7 Å². The molecule has 0 saturated heterocycles. The monoisotopic (exact) mass is 351 g/mol. The van der Waals surface area contributed by atoms with Crippen molar-refractivity contribution in [1.29, 1.82) is 0 Å². The first-order valence-corrected chi connectivity index (χ1v) is 8.49. The molecule has 6 heteroatoms. The van der Waals surface area contributed by atoms with Crippen molar-refractivity contribution >= 4 is 5.95 Å². The molecule has 26 heavy (non-hydrogen) atoms. The molecule has 1 aliphatic rings. The maximum atomic E-state index is 12.9. The van der Waals surface area contributed by atoms with Crippen LogP contribution in [0.2, 0.25) is 0 Å². The molecule has 0 bridgehead atoms. The van der Waals surface area contributed by atoms with E-state index >= 15 is 0 Å². The third-order valence-electron chi connectivity index (χ3n) is 4.10. The molecule has 0 unspecified atom stereocenters. The lowest BCUT2D eigenvalue weighted by molar-refractivity contribution is 0.171. The highest BCUT2D eigenvalue weighted by atomic mass is 19.1. The molecule has 1 N–H and O–H groups in total. The number of nitrogens with one attached hydrogen (secondary N) is 1. The Labute approximate surface area is 150 Å². The second-order valence-corrected chi connectivity index (χ2v) is 5.93. The summed E-state index contributed by atoms with van der Waals surface area (Å²) < 4.78 is 24.1. The summed E-state index contributed by atoms with van der Waals surface area (Å²) in [5, 5.41) is 3.21. The van der Waals surface area contributed by atoms with Crippen molar-refractivity contribution in [2.75, 3.05) is 25.1 Å². The molecule has 1 aliphatic heterocycles. The Kier molecular flexibility index (Phi) is 4.64. The lowest BCUT2D eigenvalue weighted by atomic mass is 10.1. The van der Waals surface area contributed by atoms with Gasteiger partial charge in [0.25, 0.3) is 0 Å². The van der Waals surface area contributed by atoms with Gasteiger partial charge >= 0.3 is 0 Å². The molecule has 0 spiro atoms. The number of benzene rings is 2. The molecule has 0 atom stereocenters. The van der Waals surface area contributed by atoms with Gasteiger partial charge in [0.1, 0.15) is 19.0 Å². The topological polar surface area (TPSA) is 56.3 Å². The van der Waals surface area contributed by atoms with E-state index in [1.165, 1.54) is 12.1 Å². The summed E-state index contributed by atoms with van der Waals surface area (Å²) in [5.74, 6) is 1.82. The number of hydrogen-bond acceptors (Lipinski definition) is 5. The van der Waals surface area contributed by atoms with E-state index in [2.05, 4.69) is 15.3 Å². The highest BCUT2D eigenvalue weighted by Gasteiger charge is 2.13. The van der Waals surface area contributed by atoms with Crippen LogP contribution < -0.4 is 14.8 Å². The maximum absolute atomic E-state index is 12.9. The second-order valence-electron chi connectivity index (χ2n) is 5.93. The number of nitrogens with zero attached hydrogens (tertiary/aromatic N) is 2. The SMILES string of the molecule is Fc1ccc(CCNc2nccc(-c3ccc4c(c3)OCCO4)n2)cc1. The van der Waals surface area contributed by atoms with E-state index in [0.29, 0.717) is 25.7 Å². The van der Waals surface area contributed by atoms with Crippen molar-refractivity contribution < 1.29 is 13.9 Å². The van der Waals surface area contributed by atoms with Crippen molar-refractivity contribution in [3.63, 3.8) is 0 Å². The number of fused-ring (bicyclic) bond motifs is 1. The highest BCUT2D eigenvalue weighted by molar-refractivity contribution is 5.64. The van der Waals surface area contributed by atoms with Crippen LogP contribution in [0.5, 0.6) is 11.5 Å². The number of hydrogen-bond donors (Lipinski definition) is 1. The average molecular weight is 351 g/mol. The zero-order valence-electron chi connectivity index (χ0n) is 14.1. The van der Waals surface area contributed by atoms with Crippen molar-refractivity contribution in [3.8, 4) is 22.8 Å². The van der Waals surface area contributed by atoms with Gasteiger partial charge in [-0.25, -0.2) is 14.4 Å². The molecule has 3 aromatic rings. The molecule has 0 aliphatic carbocycles. The third kappa shape index (κ3) is 3.74. The number of rotatable bonds is 5. The van der Waals surface area contributed by atoms with Crippen LogP contribution in [0.4, 0.5) is 10.3 Å². The first kappa shape index (κ1) is 16.3. The van der Waals surface area contributed by atoms with Crippen molar-refractivity contribution in [3.05, 3.63) is 66.1 Å². The van der Waals surface area contributed by atoms with E-state index in [1.54, 1.807) is 18.3 Å². The maximum Gasteiger partial charge on any atom is 0.223 e. The Morgan fingerprint density at radius 2 is 1.77 bits per heavy atom. The first-order valence-electron chi connectivity index (χ1n) is 8.49. The van der Waals surface area contributed by atoms with Gasteiger partial charge < -0.3 is 14.8 Å². The van der Waals surface area contributed by atoms with Gasteiger partial charge in [0.15, 0.2) is 11.5 Å². The van der Waals surface area contributed by atoms with Crippen LogP contribution in [0.3, 0.4) is 0 Å². The molecule has 2 aromatic carbocycles. The quantitative estimate of drug-likeness (QED) is 0.759. The lowest BCUT2D eigenvalue weighted by Crippen LogP contribution is -2.15. The number of halogens is 1. The summed E-state index contributed by atoms with van der Waals surface area (Å²) in [5.41, 5.74) is 2.81. The van der Waals surface area contributed by atoms with Crippen LogP contribution in [-0.4, -0.2) is 29.7 Å². The molecular formula is C20H18FN3O2. The summed E-state index contributed by atoms with van der Waals surface area (Å²) in [6.45, 7) is 1.79. The van der Waals surface area contributed by atoms with Crippen molar-refractivity contribution in [1.82, 2.24) is 9.97 Å². The average Bonchev–Trinajstić information content (AvgIpc) is 2.69. The van der Waals surface area contributed by atoms with Crippen LogP contribution >= 0.6 is 0 Å². The predicted octanol–water partition coefficient (Wildman–Crippen LogP) is 3.71. The summed E-state index contributed by atoms with van der Waals surface area (Å²) in [6.07, 6.45) is 2.48. The predicted molar refractivity (Wildman–Crippen MR) is 97.1 cm³/mol. The molecule has 4 rings (SSSR count). The fourth-order valence-corrected chi connectivity index (χ4v) is 2.78. The summed E-state index contributed by atoms with van der Waals surface area (Å²) >= 11 is 0. The molecule has 0 amide bonds. The van der Waals surface area contributed by atoms with Gasteiger partial charge in [-0.1, -0.05) is 12.1 Å². The van der Waals surface area contributed by atoms with Gasteiger partial charge in [0, 0.05) is 18.3 Å². The number of ether oxygens (including phenoxy) is 2. The Bertz CT molecular complexity index is 900. The summed E-state index contributed by atoms with van der Waals surface area (Å²) in [4.78, 5) is 8.82. The van der Waals surface area contributed by atoms with Crippen molar-refractivity contribution in [2.45, 2.75) is 6.42 Å². The molecular weight excluding hydrogens is 333 g/mol. The van der Waals surface area contributed by atoms with Gasteiger partial charge in [-0.2, -0.15) is 0 Å². The minimum Gasteiger partial charge on any atom is -0.486 e. The Hall–Kier alpha value is -3.15. The number of aromatic nitrogens is 2. The molecule has 2 heterocycles. The third-order valence-corrected chi connectivity index (χ3v) is 4.10. The minimum atomic E-state index is -0.225. The number of anilines is 1. The van der Waals surface area contributed by atoms with Crippen LogP contribution in [0, 0.1) is 5.82 Å². The van der Waals surface area contributed by atoms with Crippen LogP contribution in [0.1, 0.15) is 5.56 Å². The van der Waals surface area contributed by atoms with E-state index < -0.39 is 0 Å². The zero-order chi connectivity index (χ0) is 17.8. The Morgan fingerprint density at radius 1 is 0.962 bits per heavy atom. The van der Waals surface area contributed by atoms with E-state index in [0.717, 1.165) is 34.7 Å². The Balaban J connectivity index is 1.44. The van der Waals surface area contributed by atoms with Gasteiger partial charge in [-0.05, 0) is 48.4 Å². The minimum absolute atomic E-state index is 0.225. The van der Waals surface area contributed by atoms with Crippen LogP contribution in [0.25, 0.3) is 11.3 Å². The zero-order valence-corrected chi connectivity index (χ0v) is 14.1. The molecule has 1 aromatic heterocycles. The van der Waals surface area contributed by atoms with Gasteiger partial charge in [0.2, 0.25) is 5.95 Å². The van der Waals surface area contributed by atoms with Gasteiger partial charge in [-0.3, -0.25) is 0 Å². The molecule has 0 fully saturated rings. The smallest absolute Gasteiger partial charge is 0.223 e. The first-order chi connectivity index (χ1) is 12.8. The fraction of sp³-hybridized carbons (Fsp3) is 0.200. The second kappa shape index (κ2) is 7.39. The van der Waals surface area contributed by atoms with E-state index in [4.69, 9.17) is 9.47 Å². The molecule has 5 nitrogen and oxygen atoms in total. The molecule has 132 valence electrons. The normalized spacial score (nSPS) is 12.7. The van der Waals surface area contributed by atoms with Gasteiger partial charge in [0.05, 0.1) is 5.69 Å². The Morgan fingerprint density at radius 3 is 2.62 bits per heavy atom. The largest absolute Gasteiger partial charge is 0.486 e. The molecule has 0 radical (unpaired) electrons. The van der Waals surface area contributed by atoms with E-state index in [1.807, 2.05) is 24.3 Å². The fourth-order valence-electron chi connectivity index (χ4n) is 2.78.